The van der Waals surface area contributed by atoms with Gasteiger partial charge in [0, 0.05) is 6.08 Å². The minimum absolute atomic E-state index is 0.187. The molecule has 0 bridgehead atoms. The molecule has 2 aromatic rings. The molecular weight excluding hydrogens is 305 g/mol. The molecule has 0 aliphatic heterocycles. The largest absolute Gasteiger partial charge is 0.423 e. The number of rotatable bonds is 4. The van der Waals surface area contributed by atoms with E-state index in [0.717, 1.165) is 12.1 Å². The first-order chi connectivity index (χ1) is 11.0. The van der Waals surface area contributed by atoms with Gasteiger partial charge in [-0.05, 0) is 42.3 Å². The van der Waals surface area contributed by atoms with Crippen LogP contribution in [-0.2, 0) is 4.79 Å². The van der Waals surface area contributed by atoms with Crippen molar-refractivity contribution in [3.63, 3.8) is 0 Å². The Balaban J connectivity index is 2.15. The van der Waals surface area contributed by atoms with Gasteiger partial charge in [0.05, 0.1) is 0 Å². The van der Waals surface area contributed by atoms with E-state index in [4.69, 9.17) is 4.74 Å². The molecule has 0 saturated carbocycles. The van der Waals surface area contributed by atoms with Crippen LogP contribution in [0.15, 0.2) is 60.7 Å². The normalized spacial score (nSPS) is 11.3. The van der Waals surface area contributed by atoms with E-state index in [9.17, 15) is 18.0 Å². The van der Waals surface area contributed by atoms with Crippen molar-refractivity contribution in [2.45, 2.75) is 6.92 Å². The summed E-state index contributed by atoms with van der Waals surface area (Å²) in [5.74, 6) is -4.29. The first-order valence-electron chi connectivity index (χ1n) is 6.77. The van der Waals surface area contributed by atoms with Gasteiger partial charge in [-0.25, -0.2) is 18.0 Å². The molecule has 0 heterocycles. The number of carbonyl (C=O) groups excluding carboxylic acids is 1. The number of esters is 1. The second-order valence-electron chi connectivity index (χ2n) is 4.58. The standard InChI is InChI=1S/C18H13F3O2/c1-2-3-4-5-17(22)23-14-8-6-12(7-9-14)13-10-15(19)18(21)16(20)11-13/h2-11H,1H3. The first kappa shape index (κ1) is 16.5. The molecule has 0 N–H and O–H groups in total. The molecule has 0 aliphatic rings. The van der Waals surface area contributed by atoms with E-state index in [2.05, 4.69) is 0 Å². The van der Waals surface area contributed by atoms with Gasteiger partial charge < -0.3 is 4.74 Å². The number of ether oxygens (including phenoxy) is 1. The molecule has 23 heavy (non-hydrogen) atoms. The van der Waals surface area contributed by atoms with Crippen LogP contribution in [0.3, 0.4) is 0 Å². The summed E-state index contributed by atoms with van der Waals surface area (Å²) in [6, 6.07) is 7.80. The summed E-state index contributed by atoms with van der Waals surface area (Å²) in [7, 11) is 0. The Kier molecular flexibility index (Phi) is 5.36. The number of hydrogen-bond donors (Lipinski definition) is 0. The lowest BCUT2D eigenvalue weighted by molar-refractivity contribution is -0.128. The predicted molar refractivity (Wildman–Crippen MR) is 81.3 cm³/mol. The highest BCUT2D eigenvalue weighted by molar-refractivity contribution is 5.84. The quantitative estimate of drug-likeness (QED) is 0.266. The molecule has 0 radical (unpaired) electrons. The Hall–Kier alpha value is -2.82. The molecule has 2 aromatic carbocycles. The van der Waals surface area contributed by atoms with Crippen LogP contribution < -0.4 is 4.74 Å². The summed E-state index contributed by atoms with van der Waals surface area (Å²) in [4.78, 5) is 11.5. The molecule has 0 amide bonds. The van der Waals surface area contributed by atoms with Gasteiger partial charge in [0.25, 0.3) is 0 Å². The van der Waals surface area contributed by atoms with Crippen molar-refractivity contribution in [1.29, 1.82) is 0 Å². The van der Waals surface area contributed by atoms with E-state index in [1.54, 1.807) is 18.2 Å². The van der Waals surface area contributed by atoms with Crippen LogP contribution >= 0.6 is 0 Å². The Morgan fingerprint density at radius 3 is 2.13 bits per heavy atom. The van der Waals surface area contributed by atoms with Gasteiger partial charge in [0.1, 0.15) is 5.75 Å². The fourth-order valence-corrected chi connectivity index (χ4v) is 1.83. The second-order valence-corrected chi connectivity index (χ2v) is 4.58. The maximum Gasteiger partial charge on any atom is 0.336 e. The van der Waals surface area contributed by atoms with Gasteiger partial charge in [0.2, 0.25) is 0 Å². The zero-order chi connectivity index (χ0) is 16.8. The minimum Gasteiger partial charge on any atom is -0.423 e. The summed E-state index contributed by atoms with van der Waals surface area (Å²) in [5, 5.41) is 0. The molecule has 5 heteroatoms. The SMILES string of the molecule is CC=CC=CC(=O)Oc1ccc(-c2cc(F)c(F)c(F)c2)cc1. The predicted octanol–water partition coefficient (Wildman–Crippen LogP) is 4.81. The Morgan fingerprint density at radius 2 is 1.57 bits per heavy atom. The van der Waals surface area contributed by atoms with Gasteiger partial charge in [-0.2, -0.15) is 0 Å². The topological polar surface area (TPSA) is 26.3 Å². The van der Waals surface area contributed by atoms with Crippen molar-refractivity contribution >= 4 is 5.97 Å². The van der Waals surface area contributed by atoms with Crippen molar-refractivity contribution in [3.05, 3.63) is 78.2 Å². The number of carbonyl (C=O) groups is 1. The first-order valence-corrected chi connectivity index (χ1v) is 6.77. The summed E-state index contributed by atoms with van der Waals surface area (Å²) in [5.41, 5.74) is 0.652. The molecule has 0 fully saturated rings. The van der Waals surface area contributed by atoms with Crippen LogP contribution in [0.25, 0.3) is 11.1 Å². The van der Waals surface area contributed by atoms with E-state index in [0.29, 0.717) is 5.56 Å². The lowest BCUT2D eigenvalue weighted by atomic mass is 10.1. The average Bonchev–Trinajstić information content (AvgIpc) is 2.53. The molecule has 0 saturated heterocycles. The van der Waals surface area contributed by atoms with Gasteiger partial charge >= 0.3 is 5.97 Å². The minimum atomic E-state index is -1.51. The summed E-state index contributed by atoms with van der Waals surface area (Å²) in [6.45, 7) is 1.81. The Morgan fingerprint density at radius 1 is 0.957 bits per heavy atom. The molecular formula is C18H13F3O2. The summed E-state index contributed by atoms with van der Waals surface area (Å²) < 4.78 is 44.4. The van der Waals surface area contributed by atoms with Crippen LogP contribution in [0.4, 0.5) is 13.2 Å². The van der Waals surface area contributed by atoms with E-state index in [1.165, 1.54) is 30.3 Å². The molecule has 2 rings (SSSR count). The van der Waals surface area contributed by atoms with Crippen molar-refractivity contribution in [1.82, 2.24) is 0 Å². The lowest BCUT2D eigenvalue weighted by Gasteiger charge is -2.05. The van der Waals surface area contributed by atoms with E-state index in [1.807, 2.05) is 6.92 Å². The zero-order valence-corrected chi connectivity index (χ0v) is 12.2. The maximum absolute atomic E-state index is 13.2. The smallest absolute Gasteiger partial charge is 0.336 e. The average molecular weight is 318 g/mol. The third kappa shape index (κ3) is 4.32. The number of hydrogen-bond acceptors (Lipinski definition) is 2. The van der Waals surface area contributed by atoms with Crippen molar-refractivity contribution < 1.29 is 22.7 Å². The Bertz CT molecular complexity index is 739. The van der Waals surface area contributed by atoms with Crippen LogP contribution in [0.2, 0.25) is 0 Å². The molecule has 0 spiro atoms. The number of allylic oxidation sites excluding steroid dienone is 3. The van der Waals surface area contributed by atoms with Crippen LogP contribution in [-0.4, -0.2) is 5.97 Å². The van der Waals surface area contributed by atoms with Crippen molar-refractivity contribution in [2.75, 3.05) is 0 Å². The molecule has 0 unspecified atom stereocenters. The van der Waals surface area contributed by atoms with E-state index in [-0.39, 0.29) is 11.3 Å². The Labute approximate surface area is 131 Å². The molecule has 2 nitrogen and oxygen atoms in total. The van der Waals surface area contributed by atoms with Crippen LogP contribution in [0.1, 0.15) is 6.92 Å². The highest BCUT2D eigenvalue weighted by Crippen LogP contribution is 2.25. The van der Waals surface area contributed by atoms with Gasteiger partial charge in [0.15, 0.2) is 17.5 Å². The molecule has 0 atom stereocenters. The van der Waals surface area contributed by atoms with Gasteiger partial charge in [-0.1, -0.05) is 30.4 Å². The third-order valence-electron chi connectivity index (χ3n) is 2.93. The number of halogens is 3. The summed E-state index contributed by atoms with van der Waals surface area (Å²) in [6.07, 6.45) is 6.25. The zero-order valence-electron chi connectivity index (χ0n) is 12.2. The van der Waals surface area contributed by atoms with E-state index < -0.39 is 23.4 Å². The highest BCUT2D eigenvalue weighted by Gasteiger charge is 2.11. The number of benzene rings is 2. The van der Waals surface area contributed by atoms with Crippen LogP contribution in [0, 0.1) is 17.5 Å². The maximum atomic E-state index is 13.2. The van der Waals surface area contributed by atoms with E-state index >= 15 is 0 Å². The fraction of sp³-hybridized carbons (Fsp3) is 0.0556. The van der Waals surface area contributed by atoms with Crippen LogP contribution in [0.5, 0.6) is 5.75 Å². The lowest BCUT2D eigenvalue weighted by Crippen LogP contribution is -2.03. The monoisotopic (exact) mass is 318 g/mol. The summed E-state index contributed by atoms with van der Waals surface area (Å²) >= 11 is 0. The van der Waals surface area contributed by atoms with Crippen molar-refractivity contribution in [3.8, 4) is 16.9 Å². The second kappa shape index (κ2) is 7.45. The fourth-order valence-electron chi connectivity index (χ4n) is 1.83. The van der Waals surface area contributed by atoms with Gasteiger partial charge in [-0.3, -0.25) is 0 Å². The molecule has 0 aliphatic carbocycles. The third-order valence-corrected chi connectivity index (χ3v) is 2.93. The molecule has 0 aromatic heterocycles. The highest BCUT2D eigenvalue weighted by atomic mass is 19.2. The van der Waals surface area contributed by atoms with Crippen molar-refractivity contribution in [2.24, 2.45) is 0 Å². The van der Waals surface area contributed by atoms with Gasteiger partial charge in [-0.15, -0.1) is 0 Å². The molecule has 118 valence electrons.